The van der Waals surface area contributed by atoms with Gasteiger partial charge in [0.15, 0.2) is 5.69 Å². The van der Waals surface area contributed by atoms with E-state index >= 15 is 0 Å². The van der Waals surface area contributed by atoms with Crippen molar-refractivity contribution < 1.29 is 40.7 Å². The Morgan fingerprint density at radius 3 is 2.31 bits per heavy atom. The van der Waals surface area contributed by atoms with E-state index in [2.05, 4.69) is 15.3 Å². The highest BCUT2D eigenvalue weighted by Gasteiger charge is 2.35. The molecule has 0 aliphatic carbocycles. The van der Waals surface area contributed by atoms with Crippen molar-refractivity contribution in [2.75, 3.05) is 0 Å². The molecule has 248 valence electrons. The highest BCUT2D eigenvalue weighted by atomic mass is 19.4. The average molecular weight is 668 g/mol. The number of rotatable bonds is 12. The van der Waals surface area contributed by atoms with Gasteiger partial charge in [-0.15, -0.1) is 0 Å². The van der Waals surface area contributed by atoms with Crippen LogP contribution < -0.4 is 11.1 Å². The Morgan fingerprint density at radius 2 is 1.62 bits per heavy atom. The number of benzene rings is 3. The molecule has 1 unspecified atom stereocenters. The van der Waals surface area contributed by atoms with Crippen LogP contribution in [0.1, 0.15) is 44.7 Å². The summed E-state index contributed by atoms with van der Waals surface area (Å²) in [5.74, 6) is -4.60. The molecule has 0 radical (unpaired) electrons. The number of carbonyl (C=O) groups is 2. The molecule has 1 atom stereocenters. The van der Waals surface area contributed by atoms with E-state index in [4.69, 9.17) is 10.5 Å². The monoisotopic (exact) mass is 667 g/mol. The fourth-order valence-electron chi connectivity index (χ4n) is 5.07. The van der Waals surface area contributed by atoms with E-state index in [9.17, 15) is 35.9 Å². The van der Waals surface area contributed by atoms with Gasteiger partial charge in [0.1, 0.15) is 36.4 Å². The molecule has 14 heteroatoms. The third kappa shape index (κ3) is 8.45. The van der Waals surface area contributed by atoms with Crippen LogP contribution in [0.4, 0.5) is 26.3 Å². The molecule has 2 amide bonds. The molecule has 0 spiro atoms. The number of halogens is 6. The molecule has 0 aliphatic heterocycles. The molecule has 5 rings (SSSR count). The lowest BCUT2D eigenvalue weighted by atomic mass is 9.94. The number of nitrogens with two attached hydrogens (primary N) is 1. The first-order valence-electron chi connectivity index (χ1n) is 14.4. The minimum Gasteiger partial charge on any atom is -0.369 e. The Hall–Kier alpha value is -5.50. The second-order valence-electron chi connectivity index (χ2n) is 10.7. The first-order valence-corrected chi connectivity index (χ1v) is 14.4. The predicted molar refractivity (Wildman–Crippen MR) is 161 cm³/mol. The Kier molecular flexibility index (Phi) is 10.2. The number of alkyl halides is 3. The number of pyridine rings is 1. The van der Waals surface area contributed by atoms with Crippen LogP contribution in [0.15, 0.2) is 91.3 Å². The summed E-state index contributed by atoms with van der Waals surface area (Å²) in [5.41, 5.74) is 5.36. The number of hydrogen-bond acceptors (Lipinski definition) is 5. The number of carbonyl (C=O) groups excluding carboxylic acids is 2. The van der Waals surface area contributed by atoms with Crippen LogP contribution in [0.3, 0.4) is 0 Å². The summed E-state index contributed by atoms with van der Waals surface area (Å²) >= 11 is 0. The van der Waals surface area contributed by atoms with E-state index in [1.807, 2.05) is 0 Å². The third-order valence-electron chi connectivity index (χ3n) is 7.22. The van der Waals surface area contributed by atoms with Gasteiger partial charge < -0.3 is 20.4 Å². The minimum absolute atomic E-state index is 0.0802. The van der Waals surface area contributed by atoms with Crippen molar-refractivity contribution in [3.8, 4) is 11.1 Å². The molecule has 2 aromatic heterocycles. The Bertz CT molecular complexity index is 1910. The van der Waals surface area contributed by atoms with Gasteiger partial charge in [0.25, 0.3) is 5.91 Å². The zero-order chi connectivity index (χ0) is 34.4. The maximum atomic E-state index is 14.3. The minimum atomic E-state index is -4.80. The molecular formula is C34H27F6N5O3. The van der Waals surface area contributed by atoms with Crippen molar-refractivity contribution in [3.05, 3.63) is 143 Å². The summed E-state index contributed by atoms with van der Waals surface area (Å²) in [6.45, 7) is -0.899. The second-order valence-corrected chi connectivity index (χ2v) is 10.7. The van der Waals surface area contributed by atoms with E-state index in [1.165, 1.54) is 18.3 Å². The fraction of sp³-hybridized carbons (Fsp3) is 0.176. The van der Waals surface area contributed by atoms with Crippen LogP contribution in [-0.4, -0.2) is 26.3 Å². The molecule has 0 fully saturated rings. The summed E-state index contributed by atoms with van der Waals surface area (Å²) in [5, 5.41) is 2.70. The molecule has 0 aliphatic rings. The van der Waals surface area contributed by atoms with Gasteiger partial charge in [-0.05, 0) is 53.4 Å². The molecule has 5 aromatic rings. The fourth-order valence-corrected chi connectivity index (χ4v) is 5.07. The lowest BCUT2D eigenvalue weighted by molar-refractivity contribution is -0.141. The topological polar surface area (TPSA) is 112 Å². The number of aromatic nitrogens is 3. The first-order chi connectivity index (χ1) is 22.9. The molecular weight excluding hydrogens is 640 g/mol. The third-order valence-corrected chi connectivity index (χ3v) is 7.22. The summed E-state index contributed by atoms with van der Waals surface area (Å²) < 4.78 is 90.0. The lowest BCUT2D eigenvalue weighted by Crippen LogP contribution is -2.34. The number of hydrogen-bond donors (Lipinski definition) is 2. The smallest absolute Gasteiger partial charge is 0.369 e. The summed E-state index contributed by atoms with van der Waals surface area (Å²) in [6, 6.07) is 17.3. The van der Waals surface area contributed by atoms with Crippen molar-refractivity contribution in [2.45, 2.75) is 38.4 Å². The Balaban J connectivity index is 1.46. The molecule has 2 heterocycles. The summed E-state index contributed by atoms with van der Waals surface area (Å²) in [7, 11) is 0. The van der Waals surface area contributed by atoms with Gasteiger partial charge in [0.2, 0.25) is 5.91 Å². The molecule has 3 aromatic carbocycles. The maximum Gasteiger partial charge on any atom is 0.434 e. The van der Waals surface area contributed by atoms with Gasteiger partial charge in [0, 0.05) is 24.0 Å². The van der Waals surface area contributed by atoms with Crippen LogP contribution in [-0.2, 0) is 41.9 Å². The normalized spacial score (nSPS) is 12.1. The Morgan fingerprint density at radius 1 is 0.896 bits per heavy atom. The van der Waals surface area contributed by atoms with Crippen molar-refractivity contribution >= 4 is 11.8 Å². The number of nitrogens with zero attached hydrogens (tertiary/aromatic N) is 3. The van der Waals surface area contributed by atoms with Gasteiger partial charge in [-0.2, -0.15) is 13.2 Å². The largest absolute Gasteiger partial charge is 0.434 e. The SMILES string of the molecule is NC(=O)c1cc(-c2cccnc2C(Cc2cc(F)cc(F)c2)NC(=O)Cn2cc(C(F)(F)F)nc2COCc2ccccc2)ccc1F. The van der Waals surface area contributed by atoms with Crippen molar-refractivity contribution in [3.63, 3.8) is 0 Å². The number of primary amides is 1. The number of nitrogens with one attached hydrogen (secondary N) is 1. The van der Waals surface area contributed by atoms with Crippen LogP contribution in [0.25, 0.3) is 11.1 Å². The van der Waals surface area contributed by atoms with Crippen LogP contribution in [0.5, 0.6) is 0 Å². The van der Waals surface area contributed by atoms with E-state index in [1.54, 1.807) is 42.5 Å². The van der Waals surface area contributed by atoms with Gasteiger partial charge in [0.05, 0.1) is 23.9 Å². The first kappa shape index (κ1) is 33.9. The number of amides is 2. The number of imidazole rings is 1. The van der Waals surface area contributed by atoms with Crippen molar-refractivity contribution in [1.29, 1.82) is 0 Å². The Labute approximate surface area is 270 Å². The average Bonchev–Trinajstić information content (AvgIpc) is 3.44. The van der Waals surface area contributed by atoms with Crippen molar-refractivity contribution in [2.24, 2.45) is 5.73 Å². The van der Waals surface area contributed by atoms with Gasteiger partial charge in [-0.3, -0.25) is 14.6 Å². The van der Waals surface area contributed by atoms with Crippen LogP contribution >= 0.6 is 0 Å². The zero-order valence-corrected chi connectivity index (χ0v) is 25.0. The molecule has 3 N–H and O–H groups in total. The van der Waals surface area contributed by atoms with E-state index < -0.39 is 59.3 Å². The van der Waals surface area contributed by atoms with Gasteiger partial charge in [-0.25, -0.2) is 18.2 Å². The van der Waals surface area contributed by atoms with E-state index in [0.29, 0.717) is 23.4 Å². The molecule has 0 saturated carbocycles. The highest BCUT2D eigenvalue weighted by molar-refractivity contribution is 5.94. The molecule has 8 nitrogen and oxygen atoms in total. The molecule has 48 heavy (non-hydrogen) atoms. The zero-order valence-electron chi connectivity index (χ0n) is 25.0. The maximum absolute atomic E-state index is 14.3. The predicted octanol–water partition coefficient (Wildman–Crippen LogP) is 6.30. The quantitative estimate of drug-likeness (QED) is 0.152. The van der Waals surface area contributed by atoms with E-state index in [-0.39, 0.29) is 36.7 Å². The highest BCUT2D eigenvalue weighted by Crippen LogP contribution is 2.31. The van der Waals surface area contributed by atoms with Gasteiger partial charge >= 0.3 is 6.18 Å². The standard InChI is InChI=1S/C34H27F6N5O3/c35-23-11-21(12-24(36)15-23)13-28(32-25(7-4-10-42-32)22-8-9-27(37)26(14-22)33(41)47)43-31(46)17-45-16-29(34(38,39)40)44-30(45)19-48-18-20-5-2-1-3-6-20/h1-12,14-16,28H,13,17-19H2,(H2,41,47)(H,43,46). The lowest BCUT2D eigenvalue weighted by Gasteiger charge is -2.22. The van der Waals surface area contributed by atoms with Crippen LogP contribution in [0, 0.1) is 17.5 Å². The number of ether oxygens (including phenoxy) is 1. The van der Waals surface area contributed by atoms with E-state index in [0.717, 1.165) is 28.3 Å². The summed E-state index contributed by atoms with van der Waals surface area (Å²) in [4.78, 5) is 33.3. The summed E-state index contributed by atoms with van der Waals surface area (Å²) in [6.07, 6.45) is -2.94. The molecule has 0 bridgehead atoms. The van der Waals surface area contributed by atoms with Crippen molar-refractivity contribution in [1.82, 2.24) is 19.9 Å². The van der Waals surface area contributed by atoms with Crippen LogP contribution in [0.2, 0.25) is 0 Å². The second kappa shape index (κ2) is 14.5. The molecule has 0 saturated heterocycles. The van der Waals surface area contributed by atoms with Gasteiger partial charge in [-0.1, -0.05) is 42.5 Å².